The first-order valence-electron chi connectivity index (χ1n) is 7.12. The number of alkyl halides is 3. The summed E-state index contributed by atoms with van der Waals surface area (Å²) in [7, 11) is 0. The zero-order valence-corrected chi connectivity index (χ0v) is 11.6. The van der Waals surface area contributed by atoms with Crippen molar-refractivity contribution in [2.75, 3.05) is 19.8 Å². The van der Waals surface area contributed by atoms with Gasteiger partial charge in [0.2, 0.25) is 11.8 Å². The van der Waals surface area contributed by atoms with Crippen LogP contribution in [0.1, 0.15) is 32.1 Å². The van der Waals surface area contributed by atoms with Gasteiger partial charge in [-0.15, -0.1) is 0 Å². The van der Waals surface area contributed by atoms with Gasteiger partial charge in [0.25, 0.3) is 0 Å². The predicted molar refractivity (Wildman–Crippen MR) is 67.4 cm³/mol. The van der Waals surface area contributed by atoms with E-state index in [-0.39, 0.29) is 37.4 Å². The Morgan fingerprint density at radius 3 is 2.52 bits per heavy atom. The molecule has 1 heterocycles. The summed E-state index contributed by atoms with van der Waals surface area (Å²) in [6.07, 6.45) is -0.541. The van der Waals surface area contributed by atoms with E-state index >= 15 is 0 Å². The Morgan fingerprint density at radius 2 is 1.90 bits per heavy atom. The highest BCUT2D eigenvalue weighted by molar-refractivity contribution is 6.05. The van der Waals surface area contributed by atoms with Crippen LogP contribution in [0.3, 0.4) is 0 Å². The van der Waals surface area contributed by atoms with Gasteiger partial charge in [-0.1, -0.05) is 12.8 Å². The number of hydrogen-bond donors (Lipinski definition) is 1. The third-order valence-corrected chi connectivity index (χ3v) is 3.78. The summed E-state index contributed by atoms with van der Waals surface area (Å²) in [5.74, 6) is -0.455. The van der Waals surface area contributed by atoms with E-state index in [1.807, 2.05) is 0 Å². The predicted octanol–water partition coefficient (Wildman–Crippen LogP) is 1.22. The largest absolute Gasteiger partial charge is 0.411 e. The molecule has 2 aliphatic rings. The van der Waals surface area contributed by atoms with Gasteiger partial charge in [0.1, 0.15) is 6.61 Å². The van der Waals surface area contributed by atoms with Crippen molar-refractivity contribution in [3.8, 4) is 0 Å². The van der Waals surface area contributed by atoms with E-state index < -0.39 is 18.8 Å². The molecule has 2 fully saturated rings. The minimum Gasteiger partial charge on any atom is -0.371 e. The molecule has 1 atom stereocenters. The van der Waals surface area contributed by atoms with Gasteiger partial charge in [0.05, 0.1) is 19.1 Å². The molecule has 0 bridgehead atoms. The van der Waals surface area contributed by atoms with Gasteiger partial charge in [0, 0.05) is 12.6 Å². The maximum Gasteiger partial charge on any atom is 0.411 e. The monoisotopic (exact) mass is 308 g/mol. The van der Waals surface area contributed by atoms with Crippen molar-refractivity contribution >= 4 is 11.8 Å². The average molecular weight is 308 g/mol. The first-order valence-corrected chi connectivity index (χ1v) is 7.12. The second-order valence-electron chi connectivity index (χ2n) is 5.42. The van der Waals surface area contributed by atoms with Gasteiger partial charge in [0.15, 0.2) is 0 Å². The van der Waals surface area contributed by atoms with E-state index in [1.54, 1.807) is 0 Å². The number of ether oxygens (including phenoxy) is 1. The quantitative estimate of drug-likeness (QED) is 0.592. The molecule has 1 aliphatic heterocycles. The van der Waals surface area contributed by atoms with Crippen LogP contribution in [0.5, 0.6) is 0 Å². The molecular formula is C13H19F3N2O3. The number of likely N-dealkylation sites (tertiary alicyclic amines) is 1. The molecule has 120 valence electrons. The molecule has 0 aromatic heterocycles. The first kappa shape index (κ1) is 16.2. The van der Waals surface area contributed by atoms with Crippen LogP contribution < -0.4 is 5.32 Å². The van der Waals surface area contributed by atoms with Gasteiger partial charge >= 0.3 is 6.18 Å². The molecule has 2 amide bonds. The van der Waals surface area contributed by atoms with Gasteiger partial charge < -0.3 is 10.1 Å². The number of hydrogen-bond acceptors (Lipinski definition) is 4. The molecule has 0 spiro atoms. The number of nitrogens with zero attached hydrogens (tertiary/aromatic N) is 1. The lowest BCUT2D eigenvalue weighted by Gasteiger charge is -2.22. The van der Waals surface area contributed by atoms with Crippen molar-refractivity contribution < 1.29 is 27.5 Å². The Kier molecular flexibility index (Phi) is 5.21. The van der Waals surface area contributed by atoms with Crippen LogP contribution in [0.4, 0.5) is 13.2 Å². The first-order chi connectivity index (χ1) is 9.88. The number of nitrogens with one attached hydrogen (secondary N) is 1. The highest BCUT2D eigenvalue weighted by Crippen LogP contribution is 2.28. The fraction of sp³-hybridized carbons (Fsp3) is 0.846. The molecule has 5 nitrogen and oxygen atoms in total. The maximum atomic E-state index is 12.1. The molecule has 21 heavy (non-hydrogen) atoms. The fourth-order valence-electron chi connectivity index (χ4n) is 2.85. The number of carbonyl (C=O) groups excluding carboxylic acids is 2. The Bertz CT molecular complexity index is 395. The third-order valence-electron chi connectivity index (χ3n) is 3.78. The molecule has 1 unspecified atom stereocenters. The summed E-state index contributed by atoms with van der Waals surface area (Å²) in [6.45, 7) is -1.35. The number of rotatable bonds is 6. The van der Waals surface area contributed by atoms with Crippen molar-refractivity contribution in [3.05, 3.63) is 0 Å². The van der Waals surface area contributed by atoms with Gasteiger partial charge in [-0.05, 0) is 12.8 Å². The summed E-state index contributed by atoms with van der Waals surface area (Å²) in [5.41, 5.74) is 0. The number of carbonyl (C=O) groups is 2. The smallest absolute Gasteiger partial charge is 0.371 e. The molecule has 1 saturated carbocycles. The average Bonchev–Trinajstić information content (AvgIpc) is 2.97. The van der Waals surface area contributed by atoms with E-state index in [0.29, 0.717) is 0 Å². The van der Waals surface area contributed by atoms with Gasteiger partial charge in [-0.25, -0.2) is 0 Å². The number of halogens is 3. The van der Waals surface area contributed by atoms with Crippen LogP contribution in [0.25, 0.3) is 0 Å². The van der Waals surface area contributed by atoms with Crippen molar-refractivity contribution in [1.29, 1.82) is 0 Å². The highest BCUT2D eigenvalue weighted by atomic mass is 19.4. The highest BCUT2D eigenvalue weighted by Gasteiger charge is 2.42. The van der Waals surface area contributed by atoms with Gasteiger partial charge in [-0.3, -0.25) is 14.5 Å². The number of amides is 2. The molecule has 0 aromatic carbocycles. The lowest BCUT2D eigenvalue weighted by atomic mass is 10.2. The van der Waals surface area contributed by atoms with E-state index in [0.717, 1.165) is 25.7 Å². The second-order valence-corrected chi connectivity index (χ2v) is 5.42. The maximum absolute atomic E-state index is 12.1. The van der Waals surface area contributed by atoms with E-state index in [2.05, 4.69) is 10.1 Å². The number of imide groups is 1. The van der Waals surface area contributed by atoms with E-state index in [4.69, 9.17) is 0 Å². The van der Waals surface area contributed by atoms with Crippen LogP contribution in [0, 0.1) is 0 Å². The van der Waals surface area contributed by atoms with Gasteiger partial charge in [-0.2, -0.15) is 13.2 Å². The summed E-state index contributed by atoms with van der Waals surface area (Å²) in [5, 5.41) is 2.80. The molecule has 1 N–H and O–H groups in total. The van der Waals surface area contributed by atoms with Crippen LogP contribution in [0.2, 0.25) is 0 Å². The van der Waals surface area contributed by atoms with E-state index in [9.17, 15) is 22.8 Å². The Morgan fingerprint density at radius 1 is 1.24 bits per heavy atom. The summed E-state index contributed by atoms with van der Waals surface area (Å²) < 4.78 is 40.1. The van der Waals surface area contributed by atoms with Crippen LogP contribution >= 0.6 is 0 Å². The molecule has 0 radical (unpaired) electrons. The summed E-state index contributed by atoms with van der Waals surface area (Å²) in [6, 6.07) is -0.633. The van der Waals surface area contributed by atoms with Crippen LogP contribution in [0.15, 0.2) is 0 Å². The molecular weight excluding hydrogens is 289 g/mol. The lowest BCUT2D eigenvalue weighted by Crippen LogP contribution is -2.43. The molecule has 2 rings (SSSR count). The Balaban J connectivity index is 1.72. The molecule has 0 aromatic rings. The topological polar surface area (TPSA) is 58.6 Å². The Labute approximate surface area is 120 Å². The zero-order valence-electron chi connectivity index (χ0n) is 11.6. The SMILES string of the molecule is O=C1CC(NCCOCC(F)(F)F)C(=O)N1C1CCCC1. The molecule has 1 aliphatic carbocycles. The van der Waals surface area contributed by atoms with Crippen molar-refractivity contribution in [2.24, 2.45) is 0 Å². The lowest BCUT2D eigenvalue weighted by molar-refractivity contribution is -0.173. The van der Waals surface area contributed by atoms with Crippen LogP contribution in [-0.4, -0.2) is 54.7 Å². The van der Waals surface area contributed by atoms with Crippen molar-refractivity contribution in [1.82, 2.24) is 10.2 Å². The van der Waals surface area contributed by atoms with Crippen molar-refractivity contribution in [3.63, 3.8) is 0 Å². The Hall–Kier alpha value is -1.15. The van der Waals surface area contributed by atoms with Crippen molar-refractivity contribution in [2.45, 2.75) is 50.4 Å². The third kappa shape index (κ3) is 4.41. The summed E-state index contributed by atoms with van der Waals surface area (Å²) in [4.78, 5) is 25.4. The molecule has 1 saturated heterocycles. The van der Waals surface area contributed by atoms with Crippen LogP contribution in [-0.2, 0) is 14.3 Å². The normalized spacial score (nSPS) is 24.3. The van der Waals surface area contributed by atoms with E-state index in [1.165, 1.54) is 4.90 Å². The standard InChI is InChI=1S/C13H19F3N2O3/c14-13(15,16)8-21-6-5-17-10-7-11(19)18(12(10)20)9-3-1-2-4-9/h9-10,17H,1-8H2. The zero-order chi connectivity index (χ0) is 15.5. The minimum absolute atomic E-state index is 0.00159. The second kappa shape index (κ2) is 6.74. The minimum atomic E-state index is -4.35. The fourth-order valence-corrected chi connectivity index (χ4v) is 2.85. The summed E-state index contributed by atoms with van der Waals surface area (Å²) >= 11 is 0. The molecule has 8 heteroatoms.